The summed E-state index contributed by atoms with van der Waals surface area (Å²) in [6.45, 7) is 9.82. The minimum Gasteiger partial charge on any atom is -0.361 e. The van der Waals surface area contributed by atoms with Crippen LogP contribution in [-0.4, -0.2) is 11.1 Å². The van der Waals surface area contributed by atoms with E-state index in [2.05, 4.69) is 29.5 Å². The van der Waals surface area contributed by atoms with Gasteiger partial charge in [-0.15, -0.1) is 0 Å². The number of hydrogen-bond donors (Lipinski definition) is 1. The average Bonchev–Trinajstić information content (AvgIpc) is 2.80. The molecule has 0 bridgehead atoms. The maximum atomic E-state index is 12.7. The number of carbonyl (C=O) groups excluding carboxylic acids is 1. The summed E-state index contributed by atoms with van der Waals surface area (Å²) in [6, 6.07) is 8.09. The van der Waals surface area contributed by atoms with Gasteiger partial charge in [0.15, 0.2) is 0 Å². The Labute approximate surface area is 131 Å². The average molecular weight is 300 g/mol. The molecule has 0 spiro atoms. The van der Waals surface area contributed by atoms with Crippen molar-refractivity contribution in [2.45, 2.75) is 53.0 Å². The van der Waals surface area contributed by atoms with Crippen molar-refractivity contribution in [1.82, 2.24) is 10.5 Å². The van der Waals surface area contributed by atoms with E-state index < -0.39 is 0 Å². The number of hydrogen-bond acceptors (Lipinski definition) is 3. The summed E-state index contributed by atoms with van der Waals surface area (Å²) < 4.78 is 5.21. The van der Waals surface area contributed by atoms with Crippen LogP contribution in [0.5, 0.6) is 0 Å². The fraction of sp³-hybridized carbons (Fsp3) is 0.444. The number of amides is 1. The van der Waals surface area contributed by atoms with E-state index in [1.807, 2.05) is 39.8 Å². The molecule has 1 aromatic carbocycles. The SMILES string of the molecule is CC[C@H](C(=O)N[C@@H](C)c1ccccc1C)c1c(C)noc1C. The van der Waals surface area contributed by atoms with Gasteiger partial charge in [0.1, 0.15) is 5.76 Å². The molecule has 22 heavy (non-hydrogen) atoms. The highest BCUT2D eigenvalue weighted by Crippen LogP contribution is 2.27. The summed E-state index contributed by atoms with van der Waals surface area (Å²) in [5.74, 6) is 0.522. The largest absolute Gasteiger partial charge is 0.361 e. The monoisotopic (exact) mass is 300 g/mol. The number of carbonyl (C=O) groups is 1. The van der Waals surface area contributed by atoms with Gasteiger partial charge >= 0.3 is 0 Å². The van der Waals surface area contributed by atoms with E-state index in [9.17, 15) is 4.79 Å². The number of aromatic nitrogens is 1. The molecule has 0 fully saturated rings. The molecule has 1 aromatic heterocycles. The third kappa shape index (κ3) is 3.21. The quantitative estimate of drug-likeness (QED) is 0.909. The summed E-state index contributed by atoms with van der Waals surface area (Å²) in [5.41, 5.74) is 4.03. The van der Waals surface area contributed by atoms with Gasteiger partial charge in [-0.1, -0.05) is 36.3 Å². The topological polar surface area (TPSA) is 55.1 Å². The molecule has 2 rings (SSSR count). The van der Waals surface area contributed by atoms with Crippen molar-refractivity contribution >= 4 is 5.91 Å². The molecule has 0 unspecified atom stereocenters. The van der Waals surface area contributed by atoms with E-state index >= 15 is 0 Å². The first-order chi connectivity index (χ1) is 10.5. The van der Waals surface area contributed by atoms with Gasteiger partial charge in [0.2, 0.25) is 5.91 Å². The zero-order valence-electron chi connectivity index (χ0n) is 13.9. The van der Waals surface area contributed by atoms with Crippen LogP contribution in [-0.2, 0) is 4.79 Å². The molecule has 1 heterocycles. The van der Waals surface area contributed by atoms with Crippen molar-refractivity contribution in [1.29, 1.82) is 0 Å². The summed E-state index contributed by atoms with van der Waals surface area (Å²) in [5, 5.41) is 7.09. The summed E-state index contributed by atoms with van der Waals surface area (Å²) in [6.07, 6.45) is 0.717. The maximum absolute atomic E-state index is 12.7. The Bertz CT molecular complexity index is 641. The van der Waals surface area contributed by atoms with Crippen LogP contribution in [0.3, 0.4) is 0 Å². The first-order valence-electron chi connectivity index (χ1n) is 7.74. The minimum atomic E-state index is -0.224. The fourth-order valence-electron chi connectivity index (χ4n) is 2.97. The highest BCUT2D eigenvalue weighted by atomic mass is 16.5. The van der Waals surface area contributed by atoms with E-state index in [1.165, 1.54) is 5.56 Å². The van der Waals surface area contributed by atoms with Gasteiger partial charge < -0.3 is 9.84 Å². The fourth-order valence-corrected chi connectivity index (χ4v) is 2.97. The van der Waals surface area contributed by atoms with Crippen molar-refractivity contribution < 1.29 is 9.32 Å². The van der Waals surface area contributed by atoms with E-state index in [0.29, 0.717) is 0 Å². The summed E-state index contributed by atoms with van der Waals surface area (Å²) in [4.78, 5) is 12.7. The molecule has 2 aromatic rings. The highest BCUT2D eigenvalue weighted by Gasteiger charge is 2.26. The Kier molecular flexibility index (Phi) is 5.01. The van der Waals surface area contributed by atoms with Crippen LogP contribution in [0.1, 0.15) is 60.4 Å². The Morgan fingerprint density at radius 3 is 2.50 bits per heavy atom. The van der Waals surface area contributed by atoms with Crippen LogP contribution in [0.15, 0.2) is 28.8 Å². The van der Waals surface area contributed by atoms with Crippen molar-refractivity contribution in [3.05, 3.63) is 52.4 Å². The number of rotatable bonds is 5. The van der Waals surface area contributed by atoms with E-state index in [4.69, 9.17) is 4.52 Å². The lowest BCUT2D eigenvalue weighted by molar-refractivity contribution is -0.123. The second-order valence-corrected chi connectivity index (χ2v) is 5.79. The van der Waals surface area contributed by atoms with Gasteiger partial charge in [-0.2, -0.15) is 0 Å². The molecule has 0 radical (unpaired) electrons. The highest BCUT2D eigenvalue weighted by molar-refractivity contribution is 5.84. The van der Waals surface area contributed by atoms with Gasteiger partial charge in [-0.05, 0) is 45.2 Å². The summed E-state index contributed by atoms with van der Waals surface area (Å²) in [7, 11) is 0. The summed E-state index contributed by atoms with van der Waals surface area (Å²) >= 11 is 0. The number of nitrogens with zero attached hydrogens (tertiary/aromatic N) is 1. The smallest absolute Gasteiger partial charge is 0.228 e. The molecule has 1 amide bonds. The Hall–Kier alpha value is -2.10. The van der Waals surface area contributed by atoms with Gasteiger partial charge in [0, 0.05) is 5.56 Å². The molecule has 0 aliphatic carbocycles. The standard InChI is InChI=1S/C18H24N2O2/c1-6-15(17-13(4)20-22-14(17)5)18(21)19-12(3)16-10-8-7-9-11(16)2/h7-10,12,15H,6H2,1-5H3,(H,19,21)/t12-,15-/m0/s1. The van der Waals surface area contributed by atoms with Crippen molar-refractivity contribution in [3.63, 3.8) is 0 Å². The first-order valence-corrected chi connectivity index (χ1v) is 7.74. The molecule has 4 heteroatoms. The normalized spacial score (nSPS) is 13.7. The molecule has 2 atom stereocenters. The Morgan fingerprint density at radius 2 is 1.95 bits per heavy atom. The lowest BCUT2D eigenvalue weighted by Crippen LogP contribution is -2.32. The Morgan fingerprint density at radius 1 is 1.27 bits per heavy atom. The molecule has 1 N–H and O–H groups in total. The number of benzene rings is 1. The van der Waals surface area contributed by atoms with Gasteiger partial charge in [0.05, 0.1) is 17.7 Å². The third-order valence-electron chi connectivity index (χ3n) is 4.18. The zero-order chi connectivity index (χ0) is 16.3. The molecule has 118 valence electrons. The zero-order valence-corrected chi connectivity index (χ0v) is 13.9. The third-order valence-corrected chi connectivity index (χ3v) is 4.18. The van der Waals surface area contributed by atoms with Crippen LogP contribution in [0.2, 0.25) is 0 Å². The number of nitrogens with one attached hydrogen (secondary N) is 1. The van der Waals surface area contributed by atoms with E-state index in [0.717, 1.165) is 29.0 Å². The molecular weight excluding hydrogens is 276 g/mol. The van der Waals surface area contributed by atoms with Crippen LogP contribution < -0.4 is 5.32 Å². The van der Waals surface area contributed by atoms with Crippen LogP contribution >= 0.6 is 0 Å². The second-order valence-electron chi connectivity index (χ2n) is 5.79. The van der Waals surface area contributed by atoms with Crippen LogP contribution in [0.25, 0.3) is 0 Å². The van der Waals surface area contributed by atoms with Gasteiger partial charge in [0.25, 0.3) is 0 Å². The van der Waals surface area contributed by atoms with Crippen molar-refractivity contribution in [3.8, 4) is 0 Å². The molecule has 4 nitrogen and oxygen atoms in total. The second kappa shape index (κ2) is 6.77. The van der Waals surface area contributed by atoms with E-state index in [1.54, 1.807) is 0 Å². The van der Waals surface area contributed by atoms with Gasteiger partial charge in [-0.3, -0.25) is 4.79 Å². The molecule has 0 aliphatic heterocycles. The predicted octanol–water partition coefficient (Wildman–Crippen LogP) is 3.97. The first kappa shape index (κ1) is 16.3. The molecular formula is C18H24N2O2. The maximum Gasteiger partial charge on any atom is 0.228 e. The van der Waals surface area contributed by atoms with Crippen molar-refractivity contribution in [2.75, 3.05) is 0 Å². The van der Waals surface area contributed by atoms with Crippen LogP contribution in [0, 0.1) is 20.8 Å². The lowest BCUT2D eigenvalue weighted by atomic mass is 9.93. The molecule has 0 aliphatic rings. The minimum absolute atomic E-state index is 0.0210. The lowest BCUT2D eigenvalue weighted by Gasteiger charge is -2.21. The molecule has 0 saturated carbocycles. The van der Waals surface area contributed by atoms with Crippen LogP contribution in [0.4, 0.5) is 0 Å². The Balaban J connectivity index is 2.18. The molecule has 0 saturated heterocycles. The number of aryl methyl sites for hydroxylation is 3. The predicted molar refractivity (Wildman–Crippen MR) is 86.7 cm³/mol. The van der Waals surface area contributed by atoms with Crippen molar-refractivity contribution in [2.24, 2.45) is 0 Å². The van der Waals surface area contributed by atoms with Gasteiger partial charge in [-0.25, -0.2) is 0 Å². The van der Waals surface area contributed by atoms with E-state index in [-0.39, 0.29) is 17.9 Å².